The third-order valence-electron chi connectivity index (χ3n) is 5.09. The van der Waals surface area contributed by atoms with Crippen molar-refractivity contribution >= 4 is 5.95 Å². The first-order chi connectivity index (χ1) is 9.77. The molecule has 0 aromatic carbocycles. The van der Waals surface area contributed by atoms with E-state index < -0.39 is 0 Å². The minimum Gasteiger partial charge on any atom is -0.381 e. The lowest BCUT2D eigenvalue weighted by molar-refractivity contribution is 0.160. The third kappa shape index (κ3) is 1.93. The van der Waals surface area contributed by atoms with Crippen molar-refractivity contribution in [3.05, 3.63) is 5.82 Å². The molecule has 3 aliphatic rings. The summed E-state index contributed by atoms with van der Waals surface area (Å²) in [6.45, 7) is 5.57. The van der Waals surface area contributed by atoms with Crippen molar-refractivity contribution < 1.29 is 9.47 Å². The summed E-state index contributed by atoms with van der Waals surface area (Å²) in [5.74, 6) is 2.49. The van der Waals surface area contributed by atoms with Crippen molar-refractivity contribution in [2.24, 2.45) is 12.5 Å². The van der Waals surface area contributed by atoms with E-state index in [4.69, 9.17) is 9.47 Å². The van der Waals surface area contributed by atoms with E-state index in [1.165, 1.54) is 12.8 Å². The van der Waals surface area contributed by atoms with Gasteiger partial charge in [0, 0.05) is 44.7 Å². The van der Waals surface area contributed by atoms with Crippen molar-refractivity contribution in [2.45, 2.75) is 25.2 Å². The van der Waals surface area contributed by atoms with E-state index in [0.717, 1.165) is 57.7 Å². The largest absolute Gasteiger partial charge is 0.381 e. The van der Waals surface area contributed by atoms with Gasteiger partial charge in [0.2, 0.25) is 5.95 Å². The van der Waals surface area contributed by atoms with Gasteiger partial charge in [0.05, 0.1) is 13.2 Å². The quantitative estimate of drug-likeness (QED) is 0.806. The fraction of sp³-hybridized carbons (Fsp3) is 0.857. The monoisotopic (exact) mass is 278 g/mol. The van der Waals surface area contributed by atoms with E-state index in [-0.39, 0.29) is 0 Å². The van der Waals surface area contributed by atoms with Crippen LogP contribution in [0.15, 0.2) is 0 Å². The zero-order valence-corrected chi connectivity index (χ0v) is 12.0. The Morgan fingerprint density at radius 1 is 1.20 bits per heavy atom. The third-order valence-corrected chi connectivity index (χ3v) is 5.09. The highest BCUT2D eigenvalue weighted by Gasteiger charge is 2.42. The van der Waals surface area contributed by atoms with Crippen LogP contribution in [0.3, 0.4) is 0 Å². The second-order valence-electron chi connectivity index (χ2n) is 6.45. The maximum absolute atomic E-state index is 5.60. The van der Waals surface area contributed by atoms with Gasteiger partial charge < -0.3 is 18.9 Å². The standard InChI is InChI=1S/C14H22N4O2/c1-17-12(11-2-6-19-8-11)15-16-13(17)18-5-3-14(9-18)4-7-20-10-14/h11H,2-10H2,1H3. The van der Waals surface area contributed by atoms with Gasteiger partial charge in [-0.15, -0.1) is 10.2 Å². The summed E-state index contributed by atoms with van der Waals surface area (Å²) >= 11 is 0. The van der Waals surface area contributed by atoms with Gasteiger partial charge in [-0.2, -0.15) is 0 Å². The van der Waals surface area contributed by atoms with Crippen LogP contribution >= 0.6 is 0 Å². The Hall–Kier alpha value is -1.14. The molecule has 1 aromatic heterocycles. The topological polar surface area (TPSA) is 52.4 Å². The molecule has 0 saturated carbocycles. The minimum atomic E-state index is 0.364. The van der Waals surface area contributed by atoms with Gasteiger partial charge in [-0.1, -0.05) is 0 Å². The maximum Gasteiger partial charge on any atom is 0.226 e. The van der Waals surface area contributed by atoms with Crippen LogP contribution in [-0.2, 0) is 16.5 Å². The average molecular weight is 278 g/mol. The molecule has 4 heterocycles. The van der Waals surface area contributed by atoms with E-state index in [1.54, 1.807) is 0 Å². The Labute approximate surface area is 119 Å². The van der Waals surface area contributed by atoms with Crippen molar-refractivity contribution in [2.75, 3.05) is 44.4 Å². The van der Waals surface area contributed by atoms with Crippen LogP contribution in [0.5, 0.6) is 0 Å². The molecule has 1 spiro atoms. The number of hydrogen-bond acceptors (Lipinski definition) is 5. The highest BCUT2D eigenvalue weighted by Crippen LogP contribution is 2.39. The van der Waals surface area contributed by atoms with Gasteiger partial charge in [-0.3, -0.25) is 0 Å². The summed E-state index contributed by atoms with van der Waals surface area (Å²) in [7, 11) is 2.08. The molecule has 110 valence electrons. The molecule has 0 amide bonds. The number of rotatable bonds is 2. The summed E-state index contributed by atoms with van der Waals surface area (Å²) in [6, 6.07) is 0. The van der Waals surface area contributed by atoms with E-state index in [1.807, 2.05) is 0 Å². The minimum absolute atomic E-state index is 0.364. The number of nitrogens with zero attached hydrogens (tertiary/aromatic N) is 4. The predicted molar refractivity (Wildman–Crippen MR) is 73.9 cm³/mol. The molecule has 20 heavy (non-hydrogen) atoms. The molecule has 0 N–H and O–H groups in total. The van der Waals surface area contributed by atoms with Gasteiger partial charge in [-0.05, 0) is 19.3 Å². The van der Waals surface area contributed by atoms with Gasteiger partial charge >= 0.3 is 0 Å². The molecule has 6 heteroatoms. The van der Waals surface area contributed by atoms with Crippen molar-refractivity contribution in [1.82, 2.24) is 14.8 Å². The van der Waals surface area contributed by atoms with Crippen LogP contribution in [0, 0.1) is 5.41 Å². The first kappa shape index (κ1) is 12.6. The first-order valence-corrected chi connectivity index (χ1v) is 7.57. The van der Waals surface area contributed by atoms with E-state index >= 15 is 0 Å². The van der Waals surface area contributed by atoms with Crippen molar-refractivity contribution in [3.63, 3.8) is 0 Å². The second-order valence-corrected chi connectivity index (χ2v) is 6.45. The summed E-state index contributed by atoms with van der Waals surface area (Å²) in [4.78, 5) is 2.38. The van der Waals surface area contributed by atoms with E-state index in [9.17, 15) is 0 Å². The molecule has 3 saturated heterocycles. The van der Waals surface area contributed by atoms with Crippen LogP contribution in [-0.4, -0.2) is 54.3 Å². The van der Waals surface area contributed by atoms with Crippen LogP contribution in [0.1, 0.15) is 31.0 Å². The number of hydrogen-bond donors (Lipinski definition) is 0. The lowest BCUT2D eigenvalue weighted by Gasteiger charge is -2.22. The number of anilines is 1. The van der Waals surface area contributed by atoms with Crippen molar-refractivity contribution in [1.29, 1.82) is 0 Å². The Kier molecular flexibility index (Phi) is 2.96. The highest BCUT2D eigenvalue weighted by atomic mass is 16.5. The Morgan fingerprint density at radius 3 is 2.90 bits per heavy atom. The first-order valence-electron chi connectivity index (χ1n) is 7.57. The number of ether oxygens (including phenoxy) is 2. The Bertz CT molecular complexity index is 489. The molecule has 2 atom stereocenters. The second kappa shape index (κ2) is 4.70. The fourth-order valence-electron chi connectivity index (χ4n) is 3.78. The molecule has 3 fully saturated rings. The predicted octanol–water partition coefficient (Wildman–Crippen LogP) is 0.936. The molecule has 1 aromatic rings. The van der Waals surface area contributed by atoms with Gasteiger partial charge in [0.15, 0.2) is 0 Å². The van der Waals surface area contributed by atoms with Crippen LogP contribution < -0.4 is 4.90 Å². The summed E-state index contributed by atoms with van der Waals surface area (Å²) in [5, 5.41) is 8.86. The molecule has 3 aliphatic heterocycles. The van der Waals surface area contributed by atoms with Crippen LogP contribution in [0.4, 0.5) is 5.95 Å². The van der Waals surface area contributed by atoms with Crippen LogP contribution in [0.25, 0.3) is 0 Å². The average Bonchev–Trinajstić information content (AvgIpc) is 3.20. The smallest absolute Gasteiger partial charge is 0.226 e. The zero-order chi connectivity index (χ0) is 13.6. The molecule has 2 unspecified atom stereocenters. The lowest BCUT2D eigenvalue weighted by Crippen LogP contribution is -2.29. The van der Waals surface area contributed by atoms with Gasteiger partial charge in [-0.25, -0.2) is 0 Å². The lowest BCUT2D eigenvalue weighted by atomic mass is 9.87. The highest BCUT2D eigenvalue weighted by molar-refractivity contribution is 5.34. The molecule has 0 radical (unpaired) electrons. The molecule has 0 bridgehead atoms. The Balaban J connectivity index is 1.54. The summed E-state index contributed by atoms with van der Waals surface area (Å²) in [6.07, 6.45) is 3.45. The van der Waals surface area contributed by atoms with Crippen molar-refractivity contribution in [3.8, 4) is 0 Å². The molecular formula is C14H22N4O2. The van der Waals surface area contributed by atoms with Crippen LogP contribution in [0.2, 0.25) is 0 Å². The van der Waals surface area contributed by atoms with E-state index in [0.29, 0.717) is 11.3 Å². The fourth-order valence-corrected chi connectivity index (χ4v) is 3.78. The number of aromatic nitrogens is 3. The SMILES string of the molecule is Cn1c(C2CCOC2)nnc1N1CCC2(CCOC2)C1. The molecule has 4 rings (SSSR count). The Morgan fingerprint density at radius 2 is 2.15 bits per heavy atom. The zero-order valence-electron chi connectivity index (χ0n) is 12.0. The normalized spacial score (nSPS) is 33.6. The molecular weight excluding hydrogens is 256 g/mol. The summed E-state index contributed by atoms with van der Waals surface area (Å²) in [5.41, 5.74) is 0.364. The molecule has 6 nitrogen and oxygen atoms in total. The summed E-state index contributed by atoms with van der Waals surface area (Å²) < 4.78 is 13.2. The maximum atomic E-state index is 5.60. The van der Waals surface area contributed by atoms with Gasteiger partial charge in [0.25, 0.3) is 0 Å². The van der Waals surface area contributed by atoms with Gasteiger partial charge in [0.1, 0.15) is 5.82 Å². The van der Waals surface area contributed by atoms with E-state index in [2.05, 4.69) is 26.7 Å². The molecule has 0 aliphatic carbocycles.